The average Bonchev–Trinajstić information content (AvgIpc) is 2.59. The highest BCUT2D eigenvalue weighted by Gasteiger charge is 2.00. The van der Waals surface area contributed by atoms with Gasteiger partial charge in [-0.3, -0.25) is 4.79 Å². The third-order valence-corrected chi connectivity index (χ3v) is 5.79. The fraction of sp³-hybridized carbons (Fsp3) is 0.941. The summed E-state index contributed by atoms with van der Waals surface area (Å²) in [6, 6.07) is 0. The second-order valence-electron chi connectivity index (χ2n) is 5.54. The van der Waals surface area contributed by atoms with E-state index in [1.165, 1.54) is 18.6 Å². The van der Waals surface area contributed by atoms with Gasteiger partial charge in [-0.05, 0) is 56.7 Å². The van der Waals surface area contributed by atoms with Crippen LogP contribution in [0, 0.1) is 0 Å². The number of nitrogens with one attached hydrogen (secondary N) is 2. The molecule has 0 aromatic carbocycles. The number of methoxy groups -OCH3 is 2. The molecule has 7 heteroatoms. The Morgan fingerprint density at radius 1 is 0.833 bits per heavy atom. The van der Waals surface area contributed by atoms with E-state index in [1.807, 2.05) is 23.5 Å². The maximum atomic E-state index is 11.5. The Bertz CT molecular complexity index is 272. The number of hydrogen-bond acceptors (Lipinski definition) is 6. The summed E-state index contributed by atoms with van der Waals surface area (Å²) in [4.78, 5) is 11.5. The molecule has 0 heterocycles. The van der Waals surface area contributed by atoms with Gasteiger partial charge in [-0.25, -0.2) is 0 Å². The molecule has 0 aromatic heterocycles. The maximum absolute atomic E-state index is 11.5. The van der Waals surface area contributed by atoms with Crippen LogP contribution in [0.4, 0.5) is 0 Å². The smallest absolute Gasteiger partial charge is 0.220 e. The zero-order valence-electron chi connectivity index (χ0n) is 15.4. The van der Waals surface area contributed by atoms with Gasteiger partial charge in [0.1, 0.15) is 0 Å². The van der Waals surface area contributed by atoms with E-state index in [1.54, 1.807) is 14.2 Å². The van der Waals surface area contributed by atoms with Crippen molar-refractivity contribution in [1.29, 1.82) is 0 Å². The topological polar surface area (TPSA) is 59.6 Å². The minimum atomic E-state index is 0.164. The molecule has 144 valence electrons. The van der Waals surface area contributed by atoms with Gasteiger partial charge in [0, 0.05) is 45.5 Å². The molecule has 0 aliphatic rings. The molecule has 0 aliphatic heterocycles. The molecule has 0 saturated carbocycles. The van der Waals surface area contributed by atoms with Crippen LogP contribution in [-0.2, 0) is 14.3 Å². The molecule has 0 aliphatic carbocycles. The lowest BCUT2D eigenvalue weighted by Gasteiger charge is -2.05. The predicted octanol–water partition coefficient (Wildman–Crippen LogP) is 2.75. The molecule has 2 N–H and O–H groups in total. The molecule has 0 spiro atoms. The van der Waals surface area contributed by atoms with Crippen molar-refractivity contribution >= 4 is 29.4 Å². The Morgan fingerprint density at radius 3 is 2.17 bits per heavy atom. The SMILES string of the molecule is COCCCNCCCCSCSCCCC(=O)NCCCOC. The first kappa shape index (κ1) is 24.1. The Hall–Kier alpha value is 0.0500. The Morgan fingerprint density at radius 2 is 1.46 bits per heavy atom. The standard InChI is InChI=1S/C17H36N2O3S2/c1-21-12-6-10-18-9-3-4-14-23-16-24-15-5-8-17(20)19-11-7-13-22-2/h18H,3-16H2,1-2H3,(H,19,20). The normalized spacial score (nSPS) is 10.9. The molecule has 0 fully saturated rings. The van der Waals surface area contributed by atoms with Crippen LogP contribution in [0.15, 0.2) is 0 Å². The molecule has 0 aromatic rings. The van der Waals surface area contributed by atoms with E-state index >= 15 is 0 Å². The zero-order chi connectivity index (χ0) is 17.7. The van der Waals surface area contributed by atoms with Crippen molar-refractivity contribution in [2.75, 3.05) is 63.7 Å². The highest BCUT2D eigenvalue weighted by atomic mass is 32.2. The summed E-state index contributed by atoms with van der Waals surface area (Å²) < 4.78 is 9.95. The summed E-state index contributed by atoms with van der Waals surface area (Å²) in [5, 5.41) is 7.49. The van der Waals surface area contributed by atoms with E-state index in [9.17, 15) is 4.79 Å². The van der Waals surface area contributed by atoms with Crippen LogP contribution in [0.2, 0.25) is 0 Å². The number of thioether (sulfide) groups is 2. The number of amides is 1. The van der Waals surface area contributed by atoms with Gasteiger partial charge >= 0.3 is 0 Å². The van der Waals surface area contributed by atoms with E-state index in [0.29, 0.717) is 13.0 Å². The van der Waals surface area contributed by atoms with Gasteiger partial charge in [-0.2, -0.15) is 23.5 Å². The minimum Gasteiger partial charge on any atom is -0.385 e. The van der Waals surface area contributed by atoms with Gasteiger partial charge < -0.3 is 20.1 Å². The molecule has 0 unspecified atom stereocenters. The molecule has 0 radical (unpaired) electrons. The zero-order valence-corrected chi connectivity index (χ0v) is 17.1. The van der Waals surface area contributed by atoms with Crippen molar-refractivity contribution in [2.24, 2.45) is 0 Å². The van der Waals surface area contributed by atoms with Gasteiger partial charge in [0.05, 0.1) is 0 Å². The Labute approximate surface area is 156 Å². The second kappa shape index (κ2) is 21.1. The van der Waals surface area contributed by atoms with Crippen LogP contribution in [0.3, 0.4) is 0 Å². The van der Waals surface area contributed by atoms with Crippen LogP contribution >= 0.6 is 23.5 Å². The molecule has 0 saturated heterocycles. The molecule has 0 rings (SSSR count). The first-order valence-corrected chi connectivity index (χ1v) is 11.2. The summed E-state index contributed by atoms with van der Waals surface area (Å²) in [6.07, 6.45) is 6.09. The van der Waals surface area contributed by atoms with Crippen molar-refractivity contribution in [3.63, 3.8) is 0 Å². The van der Waals surface area contributed by atoms with Crippen molar-refractivity contribution < 1.29 is 14.3 Å². The van der Waals surface area contributed by atoms with Crippen molar-refractivity contribution in [2.45, 2.75) is 38.5 Å². The highest BCUT2D eigenvalue weighted by Crippen LogP contribution is 2.15. The van der Waals surface area contributed by atoms with Gasteiger partial charge in [0.25, 0.3) is 0 Å². The molecular formula is C17H36N2O3S2. The summed E-state index contributed by atoms with van der Waals surface area (Å²) >= 11 is 3.94. The number of rotatable bonds is 19. The van der Waals surface area contributed by atoms with E-state index < -0.39 is 0 Å². The van der Waals surface area contributed by atoms with Crippen LogP contribution in [0.5, 0.6) is 0 Å². The Kier molecular flexibility index (Phi) is 21.1. The summed E-state index contributed by atoms with van der Waals surface area (Å²) in [5.74, 6) is 2.46. The third kappa shape index (κ3) is 20.1. The molecular weight excluding hydrogens is 344 g/mol. The molecule has 0 bridgehead atoms. The summed E-state index contributed by atoms with van der Waals surface area (Å²) in [7, 11) is 3.42. The van der Waals surface area contributed by atoms with Gasteiger partial charge in [-0.1, -0.05) is 0 Å². The summed E-state index contributed by atoms with van der Waals surface area (Å²) in [5.41, 5.74) is 0. The summed E-state index contributed by atoms with van der Waals surface area (Å²) in [6.45, 7) is 4.43. The Balaban J connectivity index is 3.08. The quantitative estimate of drug-likeness (QED) is 0.265. The van der Waals surface area contributed by atoms with E-state index in [4.69, 9.17) is 9.47 Å². The van der Waals surface area contributed by atoms with Gasteiger partial charge in [-0.15, -0.1) is 0 Å². The second-order valence-corrected chi connectivity index (χ2v) is 8.11. The first-order valence-electron chi connectivity index (χ1n) is 8.92. The number of unbranched alkanes of at least 4 members (excludes halogenated alkanes) is 1. The number of hydrogen-bond donors (Lipinski definition) is 2. The van der Waals surface area contributed by atoms with Gasteiger partial charge in [0.15, 0.2) is 0 Å². The fourth-order valence-corrected chi connectivity index (χ4v) is 4.14. The molecule has 5 nitrogen and oxygen atoms in total. The van der Waals surface area contributed by atoms with Crippen LogP contribution in [0.1, 0.15) is 38.5 Å². The van der Waals surface area contributed by atoms with Crippen molar-refractivity contribution in [1.82, 2.24) is 10.6 Å². The number of carbonyl (C=O) groups is 1. The third-order valence-electron chi connectivity index (χ3n) is 3.30. The maximum Gasteiger partial charge on any atom is 0.220 e. The van der Waals surface area contributed by atoms with Crippen molar-refractivity contribution in [3.05, 3.63) is 0 Å². The first-order chi connectivity index (χ1) is 11.8. The van der Waals surface area contributed by atoms with Crippen LogP contribution < -0.4 is 10.6 Å². The average molecular weight is 381 g/mol. The lowest BCUT2D eigenvalue weighted by molar-refractivity contribution is -0.121. The lowest BCUT2D eigenvalue weighted by atomic mass is 10.3. The van der Waals surface area contributed by atoms with Crippen LogP contribution in [-0.4, -0.2) is 69.6 Å². The van der Waals surface area contributed by atoms with Crippen LogP contribution in [0.25, 0.3) is 0 Å². The van der Waals surface area contributed by atoms with Crippen molar-refractivity contribution in [3.8, 4) is 0 Å². The molecule has 0 atom stereocenters. The van der Waals surface area contributed by atoms with E-state index in [0.717, 1.165) is 56.3 Å². The largest absolute Gasteiger partial charge is 0.385 e. The molecule has 24 heavy (non-hydrogen) atoms. The van der Waals surface area contributed by atoms with Gasteiger partial charge in [0.2, 0.25) is 5.91 Å². The highest BCUT2D eigenvalue weighted by molar-refractivity contribution is 8.15. The van der Waals surface area contributed by atoms with E-state index in [-0.39, 0.29) is 5.91 Å². The lowest BCUT2D eigenvalue weighted by Crippen LogP contribution is -2.24. The fourth-order valence-electron chi connectivity index (χ4n) is 1.96. The number of carbonyl (C=O) groups excluding carboxylic acids is 1. The van der Waals surface area contributed by atoms with E-state index in [2.05, 4.69) is 10.6 Å². The molecule has 1 amide bonds. The minimum absolute atomic E-state index is 0.164. The number of ether oxygens (including phenoxy) is 2. The monoisotopic (exact) mass is 380 g/mol. The predicted molar refractivity (Wildman–Crippen MR) is 107 cm³/mol.